The lowest BCUT2D eigenvalue weighted by atomic mass is 9.68. The van der Waals surface area contributed by atoms with E-state index in [1.54, 1.807) is 0 Å². The molecule has 1 aromatic carbocycles. The molecular weight excluding hydrogens is 392 g/mol. The zero-order chi connectivity index (χ0) is 22.2. The molecule has 0 unspecified atom stereocenters. The zero-order valence-corrected chi connectivity index (χ0v) is 20.9. The summed E-state index contributed by atoms with van der Waals surface area (Å²) in [5.74, 6) is 4.40. The van der Waals surface area contributed by atoms with Gasteiger partial charge in [0.05, 0.1) is 13.2 Å². The molecule has 1 aliphatic heterocycles. The second-order valence-corrected chi connectivity index (χ2v) is 11.2. The molecule has 2 aliphatic carbocycles. The molecule has 32 heavy (non-hydrogen) atoms. The van der Waals surface area contributed by atoms with Crippen molar-refractivity contribution in [3.63, 3.8) is 0 Å². The number of ether oxygens (including phenoxy) is 2. The Morgan fingerprint density at radius 3 is 1.69 bits per heavy atom. The summed E-state index contributed by atoms with van der Waals surface area (Å²) in [5.41, 5.74) is 2.73. The number of unbranched alkanes of at least 4 members (excludes halogenated alkanes) is 2. The van der Waals surface area contributed by atoms with Crippen LogP contribution in [0.15, 0.2) is 24.3 Å². The molecule has 0 N–H and O–H groups in total. The highest BCUT2D eigenvalue weighted by molar-refractivity contribution is 5.26. The lowest BCUT2D eigenvalue weighted by molar-refractivity contribution is -0.206. The third-order valence-corrected chi connectivity index (χ3v) is 8.91. The average Bonchev–Trinajstić information content (AvgIpc) is 2.87. The molecule has 0 aromatic heterocycles. The number of hydrogen-bond acceptors (Lipinski definition) is 2. The maximum absolute atomic E-state index is 6.05. The van der Waals surface area contributed by atoms with Gasteiger partial charge in [-0.2, -0.15) is 0 Å². The third-order valence-electron chi connectivity index (χ3n) is 8.91. The van der Waals surface area contributed by atoms with Gasteiger partial charge in [0.2, 0.25) is 0 Å². The van der Waals surface area contributed by atoms with Gasteiger partial charge < -0.3 is 9.47 Å². The Kier molecular flexibility index (Phi) is 9.53. The highest BCUT2D eigenvalue weighted by atomic mass is 16.7. The van der Waals surface area contributed by atoms with E-state index in [1.165, 1.54) is 101 Å². The van der Waals surface area contributed by atoms with Gasteiger partial charge in [-0.3, -0.25) is 0 Å². The lowest BCUT2D eigenvalue weighted by Gasteiger charge is -2.38. The Morgan fingerprint density at radius 1 is 0.625 bits per heavy atom. The van der Waals surface area contributed by atoms with E-state index in [4.69, 9.17) is 9.47 Å². The van der Waals surface area contributed by atoms with Gasteiger partial charge in [0, 0.05) is 11.5 Å². The fraction of sp³-hybridized carbons (Fsp3) is 0.800. The second kappa shape index (κ2) is 12.6. The molecule has 180 valence electrons. The van der Waals surface area contributed by atoms with E-state index >= 15 is 0 Å². The molecular formula is C30H48O2. The van der Waals surface area contributed by atoms with Crippen molar-refractivity contribution in [3.8, 4) is 0 Å². The molecule has 0 amide bonds. The molecule has 2 saturated carbocycles. The van der Waals surface area contributed by atoms with E-state index in [0.717, 1.165) is 36.9 Å². The van der Waals surface area contributed by atoms with Crippen LogP contribution in [0.2, 0.25) is 0 Å². The van der Waals surface area contributed by atoms with E-state index < -0.39 is 0 Å². The first kappa shape index (κ1) is 24.3. The van der Waals surface area contributed by atoms with E-state index in [1.807, 2.05) is 0 Å². The van der Waals surface area contributed by atoms with E-state index in [2.05, 4.69) is 38.1 Å². The summed E-state index contributed by atoms with van der Waals surface area (Å²) in [5, 5.41) is 0. The van der Waals surface area contributed by atoms with Crippen LogP contribution in [-0.2, 0) is 9.47 Å². The predicted molar refractivity (Wildman–Crippen MR) is 134 cm³/mol. The molecule has 0 radical (unpaired) electrons. The SMILES string of the molecule is CCCCC1CCC(C2CCC(c3ccc(C4OCC(CCCC)CO4)cc3)CC2)CC1. The molecule has 0 spiro atoms. The Morgan fingerprint density at radius 2 is 1.12 bits per heavy atom. The molecule has 2 heteroatoms. The van der Waals surface area contributed by atoms with Crippen LogP contribution in [0, 0.1) is 23.7 Å². The van der Waals surface area contributed by atoms with Gasteiger partial charge in [0.25, 0.3) is 0 Å². The fourth-order valence-corrected chi connectivity index (χ4v) is 6.69. The van der Waals surface area contributed by atoms with Crippen LogP contribution in [0.1, 0.15) is 127 Å². The summed E-state index contributed by atoms with van der Waals surface area (Å²) in [7, 11) is 0. The van der Waals surface area contributed by atoms with Gasteiger partial charge in [0.15, 0.2) is 6.29 Å². The smallest absolute Gasteiger partial charge is 0.183 e. The van der Waals surface area contributed by atoms with Crippen LogP contribution >= 0.6 is 0 Å². The summed E-state index contributed by atoms with van der Waals surface area (Å²) in [6.45, 7) is 6.27. The molecule has 3 aliphatic rings. The Balaban J connectivity index is 1.19. The van der Waals surface area contributed by atoms with Gasteiger partial charge in [-0.15, -0.1) is 0 Å². The molecule has 0 bridgehead atoms. The molecule has 0 atom stereocenters. The maximum Gasteiger partial charge on any atom is 0.183 e. The third kappa shape index (κ3) is 6.60. The van der Waals surface area contributed by atoms with Gasteiger partial charge in [-0.25, -0.2) is 0 Å². The predicted octanol–water partition coefficient (Wildman–Crippen LogP) is 8.81. The summed E-state index contributed by atoms with van der Waals surface area (Å²) in [6.07, 6.45) is 19.6. The van der Waals surface area contributed by atoms with Crippen molar-refractivity contribution in [1.29, 1.82) is 0 Å². The number of benzene rings is 1. The monoisotopic (exact) mass is 440 g/mol. The maximum atomic E-state index is 6.05. The molecule has 1 aromatic rings. The van der Waals surface area contributed by atoms with Crippen molar-refractivity contribution in [2.45, 2.75) is 116 Å². The Hall–Kier alpha value is -0.860. The first-order valence-electron chi connectivity index (χ1n) is 14.1. The minimum absolute atomic E-state index is 0.162. The zero-order valence-electron chi connectivity index (χ0n) is 20.9. The van der Waals surface area contributed by atoms with E-state index in [9.17, 15) is 0 Å². The first-order valence-corrected chi connectivity index (χ1v) is 14.1. The molecule has 2 nitrogen and oxygen atoms in total. The first-order chi connectivity index (χ1) is 15.8. The van der Waals surface area contributed by atoms with Crippen molar-refractivity contribution >= 4 is 0 Å². The van der Waals surface area contributed by atoms with Crippen LogP contribution in [0.3, 0.4) is 0 Å². The van der Waals surface area contributed by atoms with Crippen molar-refractivity contribution in [2.75, 3.05) is 13.2 Å². The summed E-state index contributed by atoms with van der Waals surface area (Å²) in [6, 6.07) is 9.23. The normalized spacial score (nSPS) is 33.8. The largest absolute Gasteiger partial charge is 0.348 e. The minimum Gasteiger partial charge on any atom is -0.348 e. The van der Waals surface area contributed by atoms with Crippen LogP contribution < -0.4 is 0 Å². The summed E-state index contributed by atoms with van der Waals surface area (Å²) >= 11 is 0. The van der Waals surface area contributed by atoms with Crippen molar-refractivity contribution in [3.05, 3.63) is 35.4 Å². The molecule has 4 rings (SSSR count). The van der Waals surface area contributed by atoms with Crippen molar-refractivity contribution in [1.82, 2.24) is 0 Å². The quantitative estimate of drug-likeness (QED) is 0.382. The van der Waals surface area contributed by atoms with Crippen molar-refractivity contribution < 1.29 is 9.47 Å². The summed E-state index contributed by atoms with van der Waals surface area (Å²) < 4.78 is 12.1. The molecule has 1 heterocycles. The van der Waals surface area contributed by atoms with Crippen molar-refractivity contribution in [2.24, 2.45) is 23.7 Å². The van der Waals surface area contributed by atoms with Gasteiger partial charge in [-0.05, 0) is 74.2 Å². The standard InChI is InChI=1S/C30H48O2/c1-3-5-7-23-9-11-25(12-10-23)26-13-15-27(16-14-26)28-17-19-29(20-18-28)30-31-21-24(22-32-30)8-6-4-2/h17-20,23-27,30H,3-16,21-22H2,1-2H3. The van der Waals surface area contributed by atoms with Gasteiger partial charge >= 0.3 is 0 Å². The lowest BCUT2D eigenvalue weighted by Crippen LogP contribution is -2.27. The topological polar surface area (TPSA) is 18.5 Å². The van der Waals surface area contributed by atoms with Crippen LogP contribution in [-0.4, -0.2) is 13.2 Å². The summed E-state index contributed by atoms with van der Waals surface area (Å²) in [4.78, 5) is 0. The number of hydrogen-bond donors (Lipinski definition) is 0. The van der Waals surface area contributed by atoms with Gasteiger partial charge in [-0.1, -0.05) is 83.1 Å². The highest BCUT2D eigenvalue weighted by Gasteiger charge is 2.31. The van der Waals surface area contributed by atoms with E-state index in [-0.39, 0.29) is 6.29 Å². The van der Waals surface area contributed by atoms with Crippen LogP contribution in [0.4, 0.5) is 0 Å². The fourth-order valence-electron chi connectivity index (χ4n) is 6.69. The second-order valence-electron chi connectivity index (χ2n) is 11.2. The Labute approximate surface area is 197 Å². The van der Waals surface area contributed by atoms with E-state index in [0.29, 0.717) is 5.92 Å². The molecule has 1 saturated heterocycles. The minimum atomic E-state index is -0.162. The highest BCUT2D eigenvalue weighted by Crippen LogP contribution is 2.44. The Bertz CT molecular complexity index is 629. The molecule has 3 fully saturated rings. The van der Waals surface area contributed by atoms with Crippen LogP contribution in [0.25, 0.3) is 0 Å². The number of rotatable bonds is 9. The van der Waals surface area contributed by atoms with Crippen LogP contribution in [0.5, 0.6) is 0 Å². The average molecular weight is 441 g/mol. The van der Waals surface area contributed by atoms with Gasteiger partial charge in [0.1, 0.15) is 0 Å².